The lowest BCUT2D eigenvalue weighted by Crippen LogP contribution is -2.19. The lowest BCUT2D eigenvalue weighted by molar-refractivity contribution is 0.515. The number of anilines is 1. The van der Waals surface area contributed by atoms with E-state index in [1.54, 1.807) is 10.6 Å². The van der Waals surface area contributed by atoms with Gasteiger partial charge in [-0.2, -0.15) is 0 Å². The number of para-hydroxylation sites is 3. The standard InChI is InChI=1S/C15H14N2O2/c1-11-6-2-3-7-12(11)16-10-17-13-8-4-5-9-14(13)19-15(17)18/h2-9,16H,10H2,1H3. The number of benzene rings is 2. The van der Waals surface area contributed by atoms with E-state index in [4.69, 9.17) is 4.42 Å². The quantitative estimate of drug-likeness (QED) is 0.781. The van der Waals surface area contributed by atoms with Crippen LogP contribution in [0.5, 0.6) is 0 Å². The predicted molar refractivity (Wildman–Crippen MR) is 75.3 cm³/mol. The van der Waals surface area contributed by atoms with Gasteiger partial charge in [0.25, 0.3) is 0 Å². The van der Waals surface area contributed by atoms with Crippen molar-refractivity contribution in [3.63, 3.8) is 0 Å². The van der Waals surface area contributed by atoms with E-state index in [0.29, 0.717) is 12.3 Å². The molecule has 1 aromatic heterocycles. The summed E-state index contributed by atoms with van der Waals surface area (Å²) in [6, 6.07) is 15.4. The number of nitrogens with zero attached hydrogens (tertiary/aromatic N) is 1. The minimum Gasteiger partial charge on any atom is -0.408 e. The van der Waals surface area contributed by atoms with E-state index in [2.05, 4.69) is 5.32 Å². The van der Waals surface area contributed by atoms with Gasteiger partial charge in [0.1, 0.15) is 0 Å². The van der Waals surface area contributed by atoms with E-state index in [1.165, 1.54) is 0 Å². The van der Waals surface area contributed by atoms with Crippen LogP contribution in [0, 0.1) is 6.92 Å². The lowest BCUT2D eigenvalue weighted by Gasteiger charge is -2.09. The molecule has 0 aliphatic rings. The van der Waals surface area contributed by atoms with Crippen LogP contribution in [0.25, 0.3) is 11.1 Å². The second-order valence-electron chi connectivity index (χ2n) is 4.41. The summed E-state index contributed by atoms with van der Waals surface area (Å²) in [5, 5.41) is 3.25. The molecule has 0 aliphatic heterocycles. The molecule has 0 saturated heterocycles. The highest BCUT2D eigenvalue weighted by molar-refractivity contribution is 5.72. The van der Waals surface area contributed by atoms with Crippen LogP contribution >= 0.6 is 0 Å². The molecule has 4 heteroatoms. The number of hydrogen-bond donors (Lipinski definition) is 1. The fourth-order valence-corrected chi connectivity index (χ4v) is 2.10. The third kappa shape index (κ3) is 2.12. The summed E-state index contributed by atoms with van der Waals surface area (Å²) in [6.45, 7) is 2.42. The van der Waals surface area contributed by atoms with Gasteiger partial charge in [0.15, 0.2) is 5.58 Å². The highest BCUT2D eigenvalue weighted by Gasteiger charge is 2.07. The van der Waals surface area contributed by atoms with Gasteiger partial charge in [-0.1, -0.05) is 30.3 Å². The van der Waals surface area contributed by atoms with Gasteiger partial charge in [-0.05, 0) is 30.7 Å². The molecular formula is C15H14N2O2. The largest absolute Gasteiger partial charge is 0.421 e. The Morgan fingerprint density at radius 1 is 1.11 bits per heavy atom. The number of oxazole rings is 1. The van der Waals surface area contributed by atoms with Crippen LogP contribution in [0.3, 0.4) is 0 Å². The van der Waals surface area contributed by atoms with Crippen molar-refractivity contribution in [2.75, 3.05) is 5.32 Å². The summed E-state index contributed by atoms with van der Waals surface area (Å²) in [5.74, 6) is -0.345. The number of rotatable bonds is 3. The molecule has 0 aliphatic carbocycles. The Balaban J connectivity index is 1.92. The lowest BCUT2D eigenvalue weighted by atomic mass is 10.2. The van der Waals surface area contributed by atoms with E-state index in [9.17, 15) is 4.79 Å². The van der Waals surface area contributed by atoms with Gasteiger partial charge in [-0.25, -0.2) is 4.79 Å². The minimum atomic E-state index is -0.345. The second kappa shape index (κ2) is 4.65. The molecule has 0 saturated carbocycles. The first-order valence-corrected chi connectivity index (χ1v) is 6.13. The van der Waals surface area contributed by atoms with Crippen molar-refractivity contribution in [3.05, 3.63) is 64.6 Å². The summed E-state index contributed by atoms with van der Waals surface area (Å²) < 4.78 is 6.77. The van der Waals surface area contributed by atoms with Crippen molar-refractivity contribution in [3.8, 4) is 0 Å². The number of aryl methyl sites for hydroxylation is 1. The maximum Gasteiger partial charge on any atom is 0.421 e. The van der Waals surface area contributed by atoms with Crippen molar-refractivity contribution in [1.82, 2.24) is 4.57 Å². The van der Waals surface area contributed by atoms with Crippen molar-refractivity contribution in [2.45, 2.75) is 13.6 Å². The summed E-state index contributed by atoms with van der Waals surface area (Å²) in [6.07, 6.45) is 0. The first-order valence-electron chi connectivity index (χ1n) is 6.13. The molecule has 0 bridgehead atoms. The zero-order valence-electron chi connectivity index (χ0n) is 10.6. The maximum absolute atomic E-state index is 11.8. The van der Waals surface area contributed by atoms with Crippen molar-refractivity contribution in [1.29, 1.82) is 0 Å². The van der Waals surface area contributed by atoms with Gasteiger partial charge in [-0.3, -0.25) is 4.57 Å². The fourth-order valence-electron chi connectivity index (χ4n) is 2.10. The zero-order valence-corrected chi connectivity index (χ0v) is 10.6. The first-order chi connectivity index (χ1) is 9.25. The van der Waals surface area contributed by atoms with E-state index in [0.717, 1.165) is 16.8 Å². The monoisotopic (exact) mass is 254 g/mol. The Kier molecular flexibility index (Phi) is 2.83. The molecule has 0 spiro atoms. The number of fused-ring (bicyclic) bond motifs is 1. The molecule has 19 heavy (non-hydrogen) atoms. The second-order valence-corrected chi connectivity index (χ2v) is 4.41. The molecule has 0 amide bonds. The Morgan fingerprint density at radius 3 is 2.68 bits per heavy atom. The normalized spacial score (nSPS) is 10.8. The third-order valence-electron chi connectivity index (χ3n) is 3.15. The van der Waals surface area contributed by atoms with Crippen LogP contribution in [-0.4, -0.2) is 4.57 Å². The number of nitrogens with one attached hydrogen (secondary N) is 1. The highest BCUT2D eigenvalue weighted by atomic mass is 16.4. The third-order valence-corrected chi connectivity index (χ3v) is 3.15. The Labute approximate surface area is 110 Å². The summed E-state index contributed by atoms with van der Waals surface area (Å²) in [4.78, 5) is 11.8. The Morgan fingerprint density at radius 2 is 1.84 bits per heavy atom. The molecule has 96 valence electrons. The molecule has 4 nitrogen and oxygen atoms in total. The topological polar surface area (TPSA) is 47.2 Å². The van der Waals surface area contributed by atoms with E-state index < -0.39 is 0 Å². The van der Waals surface area contributed by atoms with Crippen LogP contribution in [-0.2, 0) is 6.67 Å². The molecular weight excluding hydrogens is 240 g/mol. The van der Waals surface area contributed by atoms with Gasteiger partial charge in [0.2, 0.25) is 0 Å². The molecule has 0 fully saturated rings. The average molecular weight is 254 g/mol. The van der Waals surface area contributed by atoms with Crippen molar-refractivity contribution >= 4 is 16.8 Å². The van der Waals surface area contributed by atoms with Gasteiger partial charge < -0.3 is 9.73 Å². The molecule has 1 N–H and O–H groups in total. The molecule has 2 aromatic carbocycles. The summed E-state index contributed by atoms with van der Waals surface area (Å²) in [7, 11) is 0. The molecule has 3 aromatic rings. The number of hydrogen-bond acceptors (Lipinski definition) is 3. The summed E-state index contributed by atoms with van der Waals surface area (Å²) in [5.41, 5.74) is 3.57. The van der Waals surface area contributed by atoms with Crippen LogP contribution in [0.15, 0.2) is 57.7 Å². The average Bonchev–Trinajstić information content (AvgIpc) is 2.74. The molecule has 0 atom stereocenters. The molecule has 1 heterocycles. The van der Waals surface area contributed by atoms with Gasteiger partial charge in [0, 0.05) is 5.69 Å². The smallest absolute Gasteiger partial charge is 0.408 e. The van der Waals surface area contributed by atoms with Gasteiger partial charge >= 0.3 is 5.76 Å². The Hall–Kier alpha value is -2.49. The van der Waals surface area contributed by atoms with Crippen LogP contribution < -0.4 is 11.1 Å². The fraction of sp³-hybridized carbons (Fsp3) is 0.133. The predicted octanol–water partition coefficient (Wildman–Crippen LogP) is 2.97. The van der Waals surface area contributed by atoms with E-state index in [-0.39, 0.29) is 5.76 Å². The van der Waals surface area contributed by atoms with Gasteiger partial charge in [-0.15, -0.1) is 0 Å². The summed E-state index contributed by atoms with van der Waals surface area (Å²) >= 11 is 0. The van der Waals surface area contributed by atoms with Crippen LogP contribution in [0.2, 0.25) is 0 Å². The van der Waals surface area contributed by atoms with E-state index in [1.807, 2.05) is 49.4 Å². The maximum atomic E-state index is 11.8. The van der Waals surface area contributed by atoms with Crippen LogP contribution in [0.1, 0.15) is 5.56 Å². The number of aromatic nitrogens is 1. The van der Waals surface area contributed by atoms with Crippen LogP contribution in [0.4, 0.5) is 5.69 Å². The molecule has 0 unspecified atom stereocenters. The highest BCUT2D eigenvalue weighted by Crippen LogP contribution is 2.15. The van der Waals surface area contributed by atoms with Crippen molar-refractivity contribution < 1.29 is 4.42 Å². The molecule has 0 radical (unpaired) electrons. The minimum absolute atomic E-state index is 0.345. The van der Waals surface area contributed by atoms with E-state index >= 15 is 0 Å². The SMILES string of the molecule is Cc1ccccc1NCn1c(=O)oc2ccccc21. The van der Waals surface area contributed by atoms with Gasteiger partial charge in [0.05, 0.1) is 12.2 Å². The first kappa shape index (κ1) is 11.6. The molecule has 3 rings (SSSR count). The zero-order chi connectivity index (χ0) is 13.2. The Bertz CT molecular complexity index is 771. The van der Waals surface area contributed by atoms with Crippen molar-refractivity contribution in [2.24, 2.45) is 0 Å².